The van der Waals surface area contributed by atoms with Gasteiger partial charge >= 0.3 is 0 Å². The van der Waals surface area contributed by atoms with Crippen molar-refractivity contribution in [1.29, 1.82) is 0 Å². The summed E-state index contributed by atoms with van der Waals surface area (Å²) < 4.78 is 0. The fourth-order valence-electron chi connectivity index (χ4n) is 1.85. The van der Waals surface area contributed by atoms with Crippen LogP contribution in [0.3, 0.4) is 0 Å². The van der Waals surface area contributed by atoms with E-state index >= 15 is 0 Å². The van der Waals surface area contributed by atoms with E-state index in [1.807, 2.05) is 30.3 Å². The Morgan fingerprint density at radius 3 is 2.52 bits per heavy atom. The fourth-order valence-corrected chi connectivity index (χ4v) is 2.71. The SMILES string of the molecule is CC(=O)Nc1ccc(C(=O)N[C@@H](CO)c2ccccc2)s1. The molecule has 2 amide bonds. The van der Waals surface area contributed by atoms with Crippen LogP contribution in [0.4, 0.5) is 5.00 Å². The number of thiophene rings is 1. The molecule has 0 bridgehead atoms. The minimum Gasteiger partial charge on any atom is -0.394 e. The standard InChI is InChI=1S/C15H16N2O3S/c1-10(19)16-14-8-7-13(21-14)15(20)17-12(9-18)11-5-3-2-4-6-11/h2-8,12,18H,9H2,1H3,(H,16,19)(H,17,20)/t12-/m0/s1. The van der Waals surface area contributed by atoms with Crippen molar-refractivity contribution in [3.8, 4) is 0 Å². The average molecular weight is 304 g/mol. The van der Waals surface area contributed by atoms with E-state index in [2.05, 4.69) is 10.6 Å². The number of anilines is 1. The second-order valence-corrected chi connectivity index (χ2v) is 5.55. The van der Waals surface area contributed by atoms with E-state index in [0.29, 0.717) is 9.88 Å². The van der Waals surface area contributed by atoms with Gasteiger partial charge in [-0.3, -0.25) is 9.59 Å². The zero-order valence-corrected chi connectivity index (χ0v) is 12.3. The molecule has 1 aromatic heterocycles. The third kappa shape index (κ3) is 4.14. The number of hydrogen-bond acceptors (Lipinski definition) is 4. The van der Waals surface area contributed by atoms with Gasteiger partial charge in [-0.2, -0.15) is 0 Å². The molecular weight excluding hydrogens is 288 g/mol. The maximum Gasteiger partial charge on any atom is 0.261 e. The molecule has 0 spiro atoms. The van der Waals surface area contributed by atoms with Gasteiger partial charge < -0.3 is 15.7 Å². The van der Waals surface area contributed by atoms with E-state index in [0.717, 1.165) is 5.56 Å². The molecule has 0 aliphatic carbocycles. The Morgan fingerprint density at radius 2 is 1.90 bits per heavy atom. The molecule has 1 atom stereocenters. The van der Waals surface area contributed by atoms with E-state index in [-0.39, 0.29) is 18.4 Å². The van der Waals surface area contributed by atoms with Gasteiger partial charge in [-0.25, -0.2) is 0 Å². The molecule has 0 aliphatic heterocycles. The first kappa shape index (κ1) is 15.2. The first-order valence-electron chi connectivity index (χ1n) is 6.44. The minimum atomic E-state index is -0.454. The number of hydrogen-bond donors (Lipinski definition) is 3. The Morgan fingerprint density at radius 1 is 1.19 bits per heavy atom. The number of aliphatic hydroxyl groups is 1. The normalized spacial score (nSPS) is 11.7. The van der Waals surface area contributed by atoms with E-state index in [1.165, 1.54) is 18.3 Å². The van der Waals surface area contributed by atoms with E-state index < -0.39 is 6.04 Å². The van der Waals surface area contributed by atoms with E-state index in [9.17, 15) is 14.7 Å². The van der Waals surface area contributed by atoms with Crippen molar-refractivity contribution < 1.29 is 14.7 Å². The largest absolute Gasteiger partial charge is 0.394 e. The molecule has 3 N–H and O–H groups in total. The van der Waals surface area contributed by atoms with Gasteiger partial charge in [0.15, 0.2) is 0 Å². The Kier molecular flexibility index (Phi) is 5.08. The number of nitrogens with one attached hydrogen (secondary N) is 2. The van der Waals surface area contributed by atoms with Crippen LogP contribution in [0.5, 0.6) is 0 Å². The molecule has 0 aliphatic rings. The van der Waals surface area contributed by atoms with Crippen LogP contribution in [0.1, 0.15) is 28.2 Å². The Bertz CT molecular complexity index is 625. The number of carbonyl (C=O) groups excluding carboxylic acids is 2. The van der Waals surface area contributed by atoms with Crippen molar-refractivity contribution in [3.63, 3.8) is 0 Å². The second kappa shape index (κ2) is 7.01. The number of rotatable bonds is 5. The predicted molar refractivity (Wildman–Crippen MR) is 82.4 cm³/mol. The lowest BCUT2D eigenvalue weighted by atomic mass is 10.1. The lowest BCUT2D eigenvalue weighted by molar-refractivity contribution is -0.114. The third-order valence-electron chi connectivity index (χ3n) is 2.82. The molecule has 2 aromatic rings. The molecule has 6 heteroatoms. The zero-order chi connectivity index (χ0) is 15.2. The lowest BCUT2D eigenvalue weighted by Crippen LogP contribution is -2.30. The summed E-state index contributed by atoms with van der Waals surface area (Å²) in [5, 5.41) is 15.5. The Labute approximate surface area is 126 Å². The quantitative estimate of drug-likeness (QED) is 0.792. The summed E-state index contributed by atoms with van der Waals surface area (Å²) in [6.07, 6.45) is 0. The van der Waals surface area contributed by atoms with Crippen molar-refractivity contribution in [1.82, 2.24) is 5.32 Å². The average Bonchev–Trinajstić information content (AvgIpc) is 2.93. The van der Waals surface area contributed by atoms with Crippen molar-refractivity contribution in [2.75, 3.05) is 11.9 Å². The zero-order valence-electron chi connectivity index (χ0n) is 11.5. The Hall–Kier alpha value is -2.18. The summed E-state index contributed by atoms with van der Waals surface area (Å²) in [6, 6.07) is 12.1. The molecule has 2 rings (SSSR count). The van der Waals surface area contributed by atoms with Crippen molar-refractivity contribution in [2.24, 2.45) is 0 Å². The maximum atomic E-state index is 12.2. The monoisotopic (exact) mass is 304 g/mol. The number of aliphatic hydroxyl groups excluding tert-OH is 1. The summed E-state index contributed by atoms with van der Waals surface area (Å²) in [5.74, 6) is -0.458. The summed E-state index contributed by atoms with van der Waals surface area (Å²) >= 11 is 1.19. The first-order valence-corrected chi connectivity index (χ1v) is 7.26. The highest BCUT2D eigenvalue weighted by Gasteiger charge is 2.16. The summed E-state index contributed by atoms with van der Waals surface area (Å²) in [7, 11) is 0. The summed E-state index contributed by atoms with van der Waals surface area (Å²) in [6.45, 7) is 1.23. The highest BCUT2D eigenvalue weighted by atomic mass is 32.1. The van der Waals surface area contributed by atoms with Crippen LogP contribution in [0.25, 0.3) is 0 Å². The van der Waals surface area contributed by atoms with Gasteiger partial charge in [0, 0.05) is 6.92 Å². The fraction of sp³-hybridized carbons (Fsp3) is 0.200. The van der Waals surface area contributed by atoms with Gasteiger partial charge in [0.25, 0.3) is 5.91 Å². The first-order chi connectivity index (χ1) is 10.1. The molecule has 0 saturated carbocycles. The molecule has 1 heterocycles. The highest BCUT2D eigenvalue weighted by Crippen LogP contribution is 2.22. The van der Waals surface area contributed by atoms with Crippen molar-refractivity contribution in [2.45, 2.75) is 13.0 Å². The summed E-state index contributed by atoms with van der Waals surface area (Å²) in [5.41, 5.74) is 0.840. The van der Waals surface area contributed by atoms with Crippen LogP contribution in [-0.4, -0.2) is 23.5 Å². The molecule has 0 radical (unpaired) electrons. The summed E-state index contributed by atoms with van der Waals surface area (Å²) in [4.78, 5) is 23.6. The minimum absolute atomic E-state index is 0.179. The topological polar surface area (TPSA) is 78.4 Å². The predicted octanol–water partition coefficient (Wildman–Crippen LogP) is 2.17. The highest BCUT2D eigenvalue weighted by molar-refractivity contribution is 7.18. The lowest BCUT2D eigenvalue weighted by Gasteiger charge is -2.16. The van der Waals surface area contributed by atoms with E-state index in [1.54, 1.807) is 12.1 Å². The molecule has 110 valence electrons. The van der Waals surface area contributed by atoms with Gasteiger partial charge in [-0.05, 0) is 17.7 Å². The number of amides is 2. The molecule has 21 heavy (non-hydrogen) atoms. The van der Waals surface area contributed by atoms with Gasteiger partial charge in [-0.1, -0.05) is 30.3 Å². The van der Waals surface area contributed by atoms with Crippen LogP contribution in [0.2, 0.25) is 0 Å². The van der Waals surface area contributed by atoms with E-state index in [4.69, 9.17) is 0 Å². The van der Waals surface area contributed by atoms with Crippen LogP contribution in [0.15, 0.2) is 42.5 Å². The van der Waals surface area contributed by atoms with Crippen molar-refractivity contribution in [3.05, 3.63) is 52.9 Å². The maximum absolute atomic E-state index is 12.2. The van der Waals surface area contributed by atoms with Gasteiger partial charge in [0.2, 0.25) is 5.91 Å². The van der Waals surface area contributed by atoms with Crippen LogP contribution < -0.4 is 10.6 Å². The Balaban J connectivity index is 2.06. The smallest absolute Gasteiger partial charge is 0.261 e. The number of carbonyl (C=O) groups is 2. The molecule has 0 unspecified atom stereocenters. The van der Waals surface area contributed by atoms with Crippen molar-refractivity contribution >= 4 is 28.2 Å². The molecule has 0 saturated heterocycles. The molecule has 5 nitrogen and oxygen atoms in total. The van der Waals surface area contributed by atoms with Gasteiger partial charge in [0.1, 0.15) is 0 Å². The molecule has 1 aromatic carbocycles. The van der Waals surface area contributed by atoms with Gasteiger partial charge in [0.05, 0.1) is 22.5 Å². The van der Waals surface area contributed by atoms with Gasteiger partial charge in [-0.15, -0.1) is 11.3 Å². The van der Waals surface area contributed by atoms with Crippen LogP contribution >= 0.6 is 11.3 Å². The second-order valence-electron chi connectivity index (χ2n) is 4.46. The van der Waals surface area contributed by atoms with Crippen LogP contribution in [0, 0.1) is 0 Å². The molecular formula is C15H16N2O3S. The molecule has 0 fully saturated rings. The third-order valence-corrected chi connectivity index (χ3v) is 3.82. The number of benzene rings is 1. The van der Waals surface area contributed by atoms with Crippen LogP contribution in [-0.2, 0) is 4.79 Å².